The highest BCUT2D eigenvalue weighted by atomic mass is 16.7. The molecule has 222 valence electrons. The highest BCUT2D eigenvalue weighted by Gasteiger charge is 2.67. The van der Waals surface area contributed by atoms with Crippen LogP contribution in [0.1, 0.15) is 56.8 Å². The number of nitrogens with zero attached hydrogens (tertiary/aromatic N) is 4. The fraction of sp³-hybridized carbons (Fsp3) is 0.314. The van der Waals surface area contributed by atoms with E-state index in [1.54, 1.807) is 33.8 Å². The van der Waals surface area contributed by atoms with Gasteiger partial charge in [-0.25, -0.2) is 0 Å². The Morgan fingerprint density at radius 1 is 0.932 bits per heavy atom. The van der Waals surface area contributed by atoms with Crippen LogP contribution in [0.4, 0.5) is 11.4 Å². The second kappa shape index (κ2) is 11.4. The van der Waals surface area contributed by atoms with E-state index in [2.05, 4.69) is 40.8 Å². The predicted molar refractivity (Wildman–Crippen MR) is 164 cm³/mol. The summed E-state index contributed by atoms with van der Waals surface area (Å²) in [7, 11) is 0. The van der Waals surface area contributed by atoms with E-state index in [-0.39, 0.29) is 17.2 Å². The first-order chi connectivity index (χ1) is 21.4. The van der Waals surface area contributed by atoms with E-state index < -0.39 is 5.91 Å². The SMILES string of the molecule is N#Cc1cccc(NC(=O)c2cnn3c2C(=O)N(c2ccc(CC45CC(COCOCc6ccccc6)(C4)C5)cc2)CC3)c1. The monoisotopic (exact) mass is 587 g/mol. The molecule has 1 N–H and O–H groups in total. The summed E-state index contributed by atoms with van der Waals surface area (Å²) in [6.07, 6.45) is 6.00. The van der Waals surface area contributed by atoms with E-state index in [0.29, 0.717) is 48.6 Å². The molecule has 3 saturated carbocycles. The summed E-state index contributed by atoms with van der Waals surface area (Å²) in [5.41, 5.74) is 5.29. The Labute approximate surface area is 256 Å². The van der Waals surface area contributed by atoms with Crippen molar-refractivity contribution >= 4 is 23.2 Å². The molecule has 0 spiro atoms. The molecule has 9 heteroatoms. The molecule has 0 radical (unpaired) electrons. The van der Waals surface area contributed by atoms with Crippen molar-refractivity contribution in [1.82, 2.24) is 9.78 Å². The third-order valence-electron chi connectivity index (χ3n) is 9.08. The number of carbonyl (C=O) groups is 2. The molecular weight excluding hydrogens is 554 g/mol. The van der Waals surface area contributed by atoms with Crippen LogP contribution < -0.4 is 10.2 Å². The zero-order valence-electron chi connectivity index (χ0n) is 24.4. The van der Waals surface area contributed by atoms with Gasteiger partial charge >= 0.3 is 0 Å². The first kappa shape index (κ1) is 28.0. The van der Waals surface area contributed by atoms with E-state index in [1.807, 2.05) is 30.3 Å². The van der Waals surface area contributed by atoms with Crippen molar-refractivity contribution in [2.45, 2.75) is 38.8 Å². The molecule has 2 heterocycles. The predicted octanol–water partition coefficient (Wildman–Crippen LogP) is 5.57. The van der Waals surface area contributed by atoms with Gasteiger partial charge in [0.15, 0.2) is 0 Å². The van der Waals surface area contributed by atoms with Crippen LogP contribution in [0.3, 0.4) is 0 Å². The summed E-state index contributed by atoms with van der Waals surface area (Å²) in [5, 5.41) is 16.2. The molecule has 1 aliphatic heterocycles. The summed E-state index contributed by atoms with van der Waals surface area (Å²) < 4.78 is 13.1. The van der Waals surface area contributed by atoms with Gasteiger partial charge < -0.3 is 19.7 Å². The third-order valence-corrected chi connectivity index (χ3v) is 9.08. The molecule has 2 amide bonds. The Morgan fingerprint density at radius 2 is 1.73 bits per heavy atom. The Morgan fingerprint density at radius 3 is 2.50 bits per heavy atom. The number of rotatable bonds is 11. The van der Waals surface area contributed by atoms with Crippen molar-refractivity contribution in [3.63, 3.8) is 0 Å². The van der Waals surface area contributed by atoms with Gasteiger partial charge in [0.2, 0.25) is 0 Å². The molecule has 3 aromatic carbocycles. The van der Waals surface area contributed by atoms with Crippen LogP contribution in [0.5, 0.6) is 0 Å². The molecule has 4 aromatic rings. The van der Waals surface area contributed by atoms with Gasteiger partial charge in [0.1, 0.15) is 12.5 Å². The Hall–Kier alpha value is -4.78. The van der Waals surface area contributed by atoms with Crippen LogP contribution in [-0.4, -0.2) is 41.5 Å². The maximum absolute atomic E-state index is 13.6. The summed E-state index contributed by atoms with van der Waals surface area (Å²) in [5.74, 6) is -0.695. The lowest BCUT2D eigenvalue weighted by Crippen LogP contribution is -2.64. The number of hydrogen-bond acceptors (Lipinski definition) is 6. The van der Waals surface area contributed by atoms with Gasteiger partial charge in [-0.2, -0.15) is 10.4 Å². The van der Waals surface area contributed by atoms with Gasteiger partial charge in [-0.1, -0.05) is 48.5 Å². The Bertz CT molecular complexity index is 1720. The number of nitrogens with one attached hydrogen (secondary N) is 1. The van der Waals surface area contributed by atoms with Crippen molar-refractivity contribution in [1.29, 1.82) is 5.26 Å². The molecule has 8 rings (SSSR count). The fourth-order valence-electron chi connectivity index (χ4n) is 7.33. The summed E-state index contributed by atoms with van der Waals surface area (Å²) in [4.78, 5) is 28.4. The number of aromatic nitrogens is 2. The Balaban J connectivity index is 0.917. The van der Waals surface area contributed by atoms with Gasteiger partial charge in [-0.05, 0) is 78.0 Å². The van der Waals surface area contributed by atoms with Crippen LogP contribution in [0.2, 0.25) is 0 Å². The van der Waals surface area contributed by atoms with Crippen molar-refractivity contribution in [2.24, 2.45) is 10.8 Å². The lowest BCUT2D eigenvalue weighted by atomic mass is 9.34. The van der Waals surface area contributed by atoms with Crippen molar-refractivity contribution in [3.05, 3.63) is 113 Å². The molecule has 0 saturated heterocycles. The lowest BCUT2D eigenvalue weighted by Gasteiger charge is -2.71. The highest BCUT2D eigenvalue weighted by molar-refractivity contribution is 6.15. The summed E-state index contributed by atoms with van der Waals surface area (Å²) in [6, 6.07) is 27.1. The number of anilines is 2. The molecule has 3 fully saturated rings. The minimum atomic E-state index is -0.437. The lowest BCUT2D eigenvalue weighted by molar-refractivity contribution is -0.243. The number of amides is 2. The molecule has 9 nitrogen and oxygen atoms in total. The summed E-state index contributed by atoms with van der Waals surface area (Å²) >= 11 is 0. The number of benzene rings is 3. The number of ether oxygens (including phenoxy) is 2. The topological polar surface area (TPSA) is 109 Å². The van der Waals surface area contributed by atoms with Crippen molar-refractivity contribution < 1.29 is 19.1 Å². The van der Waals surface area contributed by atoms with Crippen molar-refractivity contribution in [2.75, 3.05) is 30.2 Å². The minimum Gasteiger partial charge on any atom is -0.355 e. The zero-order chi connectivity index (χ0) is 30.1. The first-order valence-corrected chi connectivity index (χ1v) is 14.9. The number of hydrogen-bond donors (Lipinski definition) is 1. The van der Waals surface area contributed by atoms with Gasteiger partial charge in [0, 0.05) is 17.9 Å². The highest BCUT2D eigenvalue weighted by Crippen LogP contribution is 2.74. The fourth-order valence-corrected chi connectivity index (χ4v) is 7.33. The smallest absolute Gasteiger partial charge is 0.277 e. The number of nitriles is 1. The second-order valence-corrected chi connectivity index (χ2v) is 12.4. The average molecular weight is 588 g/mol. The van der Waals surface area contributed by atoms with E-state index in [0.717, 1.165) is 24.3 Å². The molecule has 4 aliphatic rings. The number of carbonyl (C=O) groups excluding carboxylic acids is 2. The van der Waals surface area contributed by atoms with Crippen LogP contribution >= 0.6 is 0 Å². The molecule has 44 heavy (non-hydrogen) atoms. The van der Waals surface area contributed by atoms with E-state index in [4.69, 9.17) is 14.7 Å². The summed E-state index contributed by atoms with van der Waals surface area (Å²) in [6.45, 7) is 2.60. The zero-order valence-corrected chi connectivity index (χ0v) is 24.4. The van der Waals surface area contributed by atoms with E-state index >= 15 is 0 Å². The van der Waals surface area contributed by atoms with Gasteiger partial charge in [0.25, 0.3) is 11.8 Å². The van der Waals surface area contributed by atoms with Crippen LogP contribution in [0.15, 0.2) is 85.1 Å². The normalized spacial score (nSPS) is 21.5. The average Bonchev–Trinajstić information content (AvgIpc) is 3.46. The molecule has 3 aliphatic carbocycles. The molecular formula is C35H33N5O4. The molecule has 0 unspecified atom stereocenters. The standard InChI is InChI=1S/C35H33N5O4/c36-17-27-7-4-8-28(15-27)38-32(41)30-18-37-40-14-13-39(33(42)31(30)40)29-11-9-25(10-12-29)16-34-20-35(21-34,22-34)23-44-24-43-19-26-5-2-1-3-6-26/h1-12,15,18H,13-14,16,19-24H2,(H,38,41). The Kier molecular flexibility index (Phi) is 7.24. The largest absolute Gasteiger partial charge is 0.355 e. The van der Waals surface area contributed by atoms with E-state index in [1.165, 1.54) is 31.0 Å². The molecule has 1 aromatic heterocycles. The van der Waals surface area contributed by atoms with Crippen LogP contribution in [0, 0.1) is 22.2 Å². The quantitative estimate of drug-likeness (QED) is 0.182. The van der Waals surface area contributed by atoms with Crippen molar-refractivity contribution in [3.8, 4) is 6.07 Å². The third kappa shape index (κ3) is 5.39. The van der Waals surface area contributed by atoms with Crippen LogP contribution in [-0.2, 0) is 29.0 Å². The minimum absolute atomic E-state index is 0.211. The second-order valence-electron chi connectivity index (χ2n) is 12.4. The van der Waals surface area contributed by atoms with Crippen LogP contribution in [0.25, 0.3) is 0 Å². The van der Waals surface area contributed by atoms with Gasteiger partial charge in [-0.15, -0.1) is 0 Å². The molecule has 2 bridgehead atoms. The van der Waals surface area contributed by atoms with Gasteiger partial charge in [0.05, 0.1) is 43.2 Å². The van der Waals surface area contributed by atoms with Gasteiger partial charge in [-0.3, -0.25) is 14.3 Å². The van der Waals surface area contributed by atoms with E-state index in [9.17, 15) is 9.59 Å². The maximum atomic E-state index is 13.6. The molecule has 0 atom stereocenters. The number of fused-ring (bicyclic) bond motifs is 1. The maximum Gasteiger partial charge on any atom is 0.277 e. The first-order valence-electron chi connectivity index (χ1n) is 14.9.